The number of allylic oxidation sites excluding steroid dienone is 5. The Kier molecular flexibility index (Phi) is 7.64. The van der Waals surface area contributed by atoms with Crippen LogP contribution in [0, 0.1) is 0 Å². The van der Waals surface area contributed by atoms with Gasteiger partial charge in [-0.3, -0.25) is 0 Å². The summed E-state index contributed by atoms with van der Waals surface area (Å²) in [5.41, 5.74) is 10.4. The zero-order chi connectivity index (χ0) is 35.3. The Labute approximate surface area is 305 Å². The average molecular weight is 688 g/mol. The average Bonchev–Trinajstić information content (AvgIpc) is 3.86. The highest BCUT2D eigenvalue weighted by Gasteiger charge is 2.22. The molecule has 0 saturated carbocycles. The molecule has 0 unspecified atom stereocenters. The molecule has 5 heteroatoms. The Morgan fingerprint density at radius 1 is 0.731 bits per heavy atom. The summed E-state index contributed by atoms with van der Waals surface area (Å²) >= 11 is 1.80. The number of rotatable bonds is 8. The van der Waals surface area contributed by atoms with Gasteiger partial charge in [-0.2, -0.15) is 4.98 Å². The van der Waals surface area contributed by atoms with Crippen molar-refractivity contribution < 1.29 is 4.42 Å². The molecule has 0 fully saturated rings. The molecule has 9 aromatic rings. The Bertz CT molecular complexity index is 2970. The van der Waals surface area contributed by atoms with E-state index in [1.165, 1.54) is 20.2 Å². The van der Waals surface area contributed by atoms with Gasteiger partial charge in [0.05, 0.1) is 22.3 Å². The van der Waals surface area contributed by atoms with Gasteiger partial charge in [-0.1, -0.05) is 117 Å². The van der Waals surface area contributed by atoms with Gasteiger partial charge < -0.3 is 8.98 Å². The fourth-order valence-corrected chi connectivity index (χ4v) is 8.62. The summed E-state index contributed by atoms with van der Waals surface area (Å²) in [6.07, 6.45) is 11.7. The Hall–Kier alpha value is -6.56. The van der Waals surface area contributed by atoms with E-state index in [1.54, 1.807) is 11.3 Å². The van der Waals surface area contributed by atoms with E-state index in [0.29, 0.717) is 11.5 Å². The van der Waals surface area contributed by atoms with Crippen LogP contribution in [0.5, 0.6) is 0 Å². The number of hydrogen-bond donors (Lipinski definition) is 0. The number of aromatic nitrogens is 3. The molecule has 0 aliphatic rings. The summed E-state index contributed by atoms with van der Waals surface area (Å²) in [6.45, 7) is 14.3. The van der Waals surface area contributed by atoms with Gasteiger partial charge in [-0.05, 0) is 66.6 Å². The minimum atomic E-state index is 0.566. The number of furan rings is 1. The lowest BCUT2D eigenvalue weighted by Crippen LogP contribution is -1.97. The standard InChI is InChI=1S/C47H33N3OS/c1-5-15-32(16-6-2)50-39(8-4)33(7-3)37-27-30(23-25-40(37)50)31-24-26-41-38(28-31)43-44(48-46(49-47(43)51-41)29-17-10-9-11-18-29)36-21-14-20-35-34-19-12-13-22-42(34)52-45(35)36/h5-28H,1,3-4H2,2H3/b16-6-,32-15+. The summed E-state index contributed by atoms with van der Waals surface area (Å²) in [5, 5.41) is 5.43. The first kappa shape index (κ1) is 31.4. The molecule has 4 nitrogen and oxygen atoms in total. The molecular formula is C47H33N3OS. The Morgan fingerprint density at radius 3 is 2.29 bits per heavy atom. The van der Waals surface area contributed by atoms with Crippen LogP contribution in [0.2, 0.25) is 0 Å². The zero-order valence-corrected chi connectivity index (χ0v) is 29.5. The van der Waals surface area contributed by atoms with E-state index in [-0.39, 0.29) is 0 Å². The second-order valence-electron chi connectivity index (χ2n) is 12.6. The molecule has 0 atom stereocenters. The fourth-order valence-electron chi connectivity index (χ4n) is 7.40. The van der Waals surface area contributed by atoms with Crippen LogP contribution in [0.3, 0.4) is 0 Å². The van der Waals surface area contributed by atoms with E-state index in [2.05, 4.69) is 103 Å². The van der Waals surface area contributed by atoms with Gasteiger partial charge in [-0.15, -0.1) is 11.3 Å². The maximum atomic E-state index is 6.56. The first-order valence-corrected chi connectivity index (χ1v) is 18.0. The first-order chi connectivity index (χ1) is 25.6. The molecular weight excluding hydrogens is 655 g/mol. The molecule has 4 aromatic heterocycles. The highest BCUT2D eigenvalue weighted by molar-refractivity contribution is 7.26. The van der Waals surface area contributed by atoms with E-state index in [1.807, 2.05) is 73.7 Å². The first-order valence-electron chi connectivity index (χ1n) is 17.2. The lowest BCUT2D eigenvalue weighted by atomic mass is 9.98. The number of benzene rings is 5. The molecule has 9 rings (SSSR count). The number of nitrogens with zero attached hydrogens (tertiary/aromatic N) is 3. The number of thiophene rings is 1. The number of fused-ring (bicyclic) bond motifs is 7. The maximum Gasteiger partial charge on any atom is 0.231 e. The summed E-state index contributed by atoms with van der Waals surface area (Å²) in [5.74, 6) is 0.633. The molecule has 5 aromatic carbocycles. The van der Waals surface area contributed by atoms with Gasteiger partial charge in [0.15, 0.2) is 5.82 Å². The van der Waals surface area contributed by atoms with Gasteiger partial charge >= 0.3 is 0 Å². The van der Waals surface area contributed by atoms with Gasteiger partial charge in [0.1, 0.15) is 5.58 Å². The largest absolute Gasteiger partial charge is 0.438 e. The Balaban J connectivity index is 1.30. The third-order valence-electron chi connectivity index (χ3n) is 9.68. The molecule has 0 spiro atoms. The molecule has 0 N–H and O–H groups in total. The van der Waals surface area contributed by atoms with Crippen molar-refractivity contribution >= 4 is 82.3 Å². The molecule has 0 aliphatic carbocycles. The molecule has 0 aliphatic heterocycles. The fraction of sp³-hybridized carbons (Fsp3) is 0.0213. The lowest BCUT2D eigenvalue weighted by molar-refractivity contribution is 0.653. The zero-order valence-electron chi connectivity index (χ0n) is 28.6. The van der Waals surface area contributed by atoms with E-state index in [9.17, 15) is 0 Å². The molecule has 0 radical (unpaired) electrons. The summed E-state index contributed by atoms with van der Waals surface area (Å²) < 4.78 is 11.2. The van der Waals surface area contributed by atoms with E-state index < -0.39 is 0 Å². The van der Waals surface area contributed by atoms with Gasteiger partial charge in [0.25, 0.3) is 0 Å². The summed E-state index contributed by atoms with van der Waals surface area (Å²) in [6, 6.07) is 38.2. The lowest BCUT2D eigenvalue weighted by Gasteiger charge is -2.10. The highest BCUT2D eigenvalue weighted by Crippen LogP contribution is 2.44. The Morgan fingerprint density at radius 2 is 1.50 bits per heavy atom. The van der Waals surface area contributed by atoms with Crippen LogP contribution in [-0.4, -0.2) is 14.5 Å². The van der Waals surface area contributed by atoms with Crippen LogP contribution in [0.25, 0.3) is 105 Å². The predicted molar refractivity (Wildman–Crippen MR) is 223 cm³/mol. The minimum absolute atomic E-state index is 0.566. The topological polar surface area (TPSA) is 43.9 Å². The van der Waals surface area contributed by atoms with Gasteiger partial charge in [-0.25, -0.2) is 4.98 Å². The van der Waals surface area contributed by atoms with Crippen LogP contribution in [-0.2, 0) is 0 Å². The van der Waals surface area contributed by atoms with Crippen molar-refractivity contribution in [2.45, 2.75) is 6.92 Å². The van der Waals surface area contributed by atoms with Crippen LogP contribution in [0.15, 0.2) is 158 Å². The van der Waals surface area contributed by atoms with Crippen LogP contribution in [0.4, 0.5) is 0 Å². The van der Waals surface area contributed by atoms with Gasteiger partial charge in [0, 0.05) is 53.3 Å². The second kappa shape index (κ2) is 12.6. The molecule has 0 amide bonds. The maximum absolute atomic E-state index is 6.56. The number of hydrogen-bond acceptors (Lipinski definition) is 4. The monoisotopic (exact) mass is 687 g/mol. The normalized spacial score (nSPS) is 12.2. The minimum Gasteiger partial charge on any atom is -0.438 e. The van der Waals surface area contributed by atoms with Crippen molar-refractivity contribution in [2.75, 3.05) is 0 Å². The van der Waals surface area contributed by atoms with Crippen molar-refractivity contribution in [3.63, 3.8) is 0 Å². The van der Waals surface area contributed by atoms with E-state index in [0.717, 1.165) is 72.2 Å². The van der Waals surface area contributed by atoms with E-state index >= 15 is 0 Å². The van der Waals surface area contributed by atoms with Crippen molar-refractivity contribution in [3.8, 4) is 33.8 Å². The van der Waals surface area contributed by atoms with Crippen molar-refractivity contribution in [1.29, 1.82) is 0 Å². The van der Waals surface area contributed by atoms with Crippen molar-refractivity contribution in [1.82, 2.24) is 14.5 Å². The highest BCUT2D eigenvalue weighted by atomic mass is 32.1. The summed E-state index contributed by atoms with van der Waals surface area (Å²) in [7, 11) is 0. The van der Waals surface area contributed by atoms with E-state index in [4.69, 9.17) is 14.4 Å². The van der Waals surface area contributed by atoms with Gasteiger partial charge in [0.2, 0.25) is 5.71 Å². The van der Waals surface area contributed by atoms with Crippen molar-refractivity contribution in [3.05, 3.63) is 164 Å². The SMILES string of the molecule is C=C/C=C(\C=C/C)n1c(C=C)c(C=C)c2cc(-c3ccc4oc5nc(-c6ccccc6)nc(-c6cccc7c6sc6ccccc67)c5c4c3)ccc21. The molecule has 0 bridgehead atoms. The summed E-state index contributed by atoms with van der Waals surface area (Å²) in [4.78, 5) is 10.3. The quantitative estimate of drug-likeness (QED) is 0.149. The molecule has 52 heavy (non-hydrogen) atoms. The van der Waals surface area contributed by atoms with Crippen molar-refractivity contribution in [2.24, 2.45) is 0 Å². The molecule has 4 heterocycles. The van der Waals surface area contributed by atoms with Crippen LogP contribution in [0.1, 0.15) is 18.2 Å². The smallest absolute Gasteiger partial charge is 0.231 e. The van der Waals surface area contributed by atoms with Crippen LogP contribution >= 0.6 is 11.3 Å². The third kappa shape index (κ3) is 4.89. The second-order valence-corrected chi connectivity index (χ2v) is 13.7. The van der Waals surface area contributed by atoms with Crippen LogP contribution < -0.4 is 0 Å². The molecule has 248 valence electrons. The predicted octanol–water partition coefficient (Wildman–Crippen LogP) is 13.6. The molecule has 0 saturated heterocycles. The third-order valence-corrected chi connectivity index (χ3v) is 10.9.